The molecule has 7 heteroatoms. The average Bonchev–Trinajstić information content (AvgIpc) is 2.72. The lowest BCUT2D eigenvalue weighted by Gasteiger charge is -2.37. The molecule has 2 aromatic rings. The number of rotatable bonds is 4. The van der Waals surface area contributed by atoms with Crippen LogP contribution in [0.15, 0.2) is 42.5 Å². The maximum absolute atomic E-state index is 14.3. The molecule has 2 atom stereocenters. The summed E-state index contributed by atoms with van der Waals surface area (Å²) in [5.41, 5.74) is 2.46. The molecule has 1 N–H and O–H groups in total. The van der Waals surface area contributed by atoms with E-state index in [0.717, 1.165) is 17.5 Å². The Labute approximate surface area is 173 Å². The molecule has 2 aliphatic rings. The normalized spacial score (nSPS) is 21.9. The van der Waals surface area contributed by atoms with Crippen molar-refractivity contribution in [1.29, 1.82) is 0 Å². The molecule has 2 fully saturated rings. The van der Waals surface area contributed by atoms with Gasteiger partial charge in [0.05, 0.1) is 5.56 Å². The first-order valence-corrected chi connectivity index (χ1v) is 10.3. The van der Waals surface area contributed by atoms with Gasteiger partial charge in [-0.05, 0) is 53.5 Å². The lowest BCUT2D eigenvalue weighted by Crippen LogP contribution is -2.46. The van der Waals surface area contributed by atoms with E-state index in [0.29, 0.717) is 38.2 Å². The summed E-state index contributed by atoms with van der Waals surface area (Å²) in [6.45, 7) is 2.45. The van der Waals surface area contributed by atoms with Gasteiger partial charge in [-0.15, -0.1) is 0 Å². The predicted octanol–water partition coefficient (Wildman–Crippen LogP) is 4.98. The van der Waals surface area contributed by atoms with Gasteiger partial charge >= 0.3 is 6.18 Å². The molecule has 4 rings (SSSR count). The number of carbonyl (C=O) groups is 1. The summed E-state index contributed by atoms with van der Waals surface area (Å²) in [7, 11) is 0. The molecule has 160 valence electrons. The highest BCUT2D eigenvalue weighted by molar-refractivity contribution is 5.96. The first-order valence-electron chi connectivity index (χ1n) is 10.3. The number of nitrogens with one attached hydrogen (secondary N) is 1. The quantitative estimate of drug-likeness (QED) is 0.708. The Morgan fingerprint density at radius 2 is 1.67 bits per heavy atom. The van der Waals surface area contributed by atoms with E-state index >= 15 is 0 Å². The van der Waals surface area contributed by atoms with Crippen molar-refractivity contribution >= 4 is 5.91 Å². The fourth-order valence-electron chi connectivity index (χ4n) is 4.38. The van der Waals surface area contributed by atoms with Crippen molar-refractivity contribution in [3.8, 4) is 11.1 Å². The number of nitrogens with zero attached hydrogens (tertiary/aromatic N) is 1. The maximum Gasteiger partial charge on any atom is 0.389 e. The Bertz CT molecular complexity index is 904. The van der Waals surface area contributed by atoms with Crippen LogP contribution in [0.4, 0.5) is 17.6 Å². The van der Waals surface area contributed by atoms with Crippen LogP contribution in [0.1, 0.15) is 41.1 Å². The topological polar surface area (TPSA) is 32.3 Å². The molecule has 1 heterocycles. The minimum atomic E-state index is -4.13. The zero-order valence-corrected chi connectivity index (χ0v) is 16.5. The van der Waals surface area contributed by atoms with Crippen molar-refractivity contribution in [3.05, 3.63) is 59.4 Å². The van der Waals surface area contributed by atoms with E-state index in [1.54, 1.807) is 17.0 Å². The summed E-state index contributed by atoms with van der Waals surface area (Å²) in [5.74, 6) is -1.30. The van der Waals surface area contributed by atoms with E-state index in [2.05, 4.69) is 5.32 Å². The van der Waals surface area contributed by atoms with Crippen LogP contribution in [0.5, 0.6) is 0 Å². The Balaban J connectivity index is 1.51. The SMILES string of the molecule is O=C(c1cc(-c2ccc(C3CCC3CC(F)(F)F)cc2)ccc1F)N1CCNCC1. The smallest absolute Gasteiger partial charge is 0.336 e. The highest BCUT2D eigenvalue weighted by Gasteiger charge is 2.40. The largest absolute Gasteiger partial charge is 0.389 e. The van der Waals surface area contributed by atoms with Crippen molar-refractivity contribution in [2.24, 2.45) is 5.92 Å². The molecular formula is C23H24F4N2O. The first-order chi connectivity index (χ1) is 14.3. The summed E-state index contributed by atoms with van der Waals surface area (Å²) >= 11 is 0. The minimum absolute atomic E-state index is 0.0442. The van der Waals surface area contributed by atoms with Gasteiger partial charge in [0.25, 0.3) is 5.91 Å². The van der Waals surface area contributed by atoms with Gasteiger partial charge in [-0.1, -0.05) is 30.3 Å². The second-order valence-electron chi connectivity index (χ2n) is 8.12. The number of carbonyl (C=O) groups excluding carboxylic acids is 1. The van der Waals surface area contributed by atoms with Gasteiger partial charge in [-0.25, -0.2) is 4.39 Å². The number of benzene rings is 2. The van der Waals surface area contributed by atoms with E-state index in [-0.39, 0.29) is 23.3 Å². The molecule has 1 saturated heterocycles. The number of alkyl halides is 3. The van der Waals surface area contributed by atoms with Crippen LogP contribution >= 0.6 is 0 Å². The van der Waals surface area contributed by atoms with Gasteiger partial charge < -0.3 is 10.2 Å². The van der Waals surface area contributed by atoms with Crippen LogP contribution in [-0.2, 0) is 0 Å². The second kappa shape index (κ2) is 8.38. The molecular weight excluding hydrogens is 396 g/mol. The summed E-state index contributed by atoms with van der Waals surface area (Å²) in [6, 6.07) is 11.9. The molecule has 1 aliphatic heterocycles. The van der Waals surface area contributed by atoms with Crippen LogP contribution in [0.3, 0.4) is 0 Å². The lowest BCUT2D eigenvalue weighted by atomic mass is 9.68. The van der Waals surface area contributed by atoms with E-state index in [9.17, 15) is 22.4 Å². The van der Waals surface area contributed by atoms with Gasteiger partial charge in [0.1, 0.15) is 5.82 Å². The molecule has 0 radical (unpaired) electrons. The van der Waals surface area contributed by atoms with Crippen LogP contribution < -0.4 is 5.32 Å². The van der Waals surface area contributed by atoms with Crippen LogP contribution in [-0.4, -0.2) is 43.2 Å². The van der Waals surface area contributed by atoms with Gasteiger partial charge in [0.2, 0.25) is 0 Å². The Kier molecular flexibility index (Phi) is 5.82. The zero-order valence-electron chi connectivity index (χ0n) is 16.5. The molecule has 3 nitrogen and oxygen atoms in total. The highest BCUT2D eigenvalue weighted by atomic mass is 19.4. The molecule has 30 heavy (non-hydrogen) atoms. The fraction of sp³-hybridized carbons (Fsp3) is 0.435. The number of halogens is 4. The van der Waals surface area contributed by atoms with Crippen molar-refractivity contribution < 1.29 is 22.4 Å². The van der Waals surface area contributed by atoms with Gasteiger partial charge in [-0.2, -0.15) is 13.2 Å². The van der Waals surface area contributed by atoms with Gasteiger partial charge in [0, 0.05) is 32.6 Å². The van der Waals surface area contributed by atoms with E-state index in [1.807, 2.05) is 24.3 Å². The molecule has 2 unspecified atom stereocenters. The van der Waals surface area contributed by atoms with Crippen LogP contribution in [0, 0.1) is 11.7 Å². The number of hydrogen-bond donors (Lipinski definition) is 1. The minimum Gasteiger partial charge on any atom is -0.336 e. The third-order valence-electron chi connectivity index (χ3n) is 6.18. The molecule has 0 aromatic heterocycles. The van der Waals surface area contributed by atoms with Crippen molar-refractivity contribution in [2.75, 3.05) is 26.2 Å². The lowest BCUT2D eigenvalue weighted by molar-refractivity contribution is -0.152. The van der Waals surface area contributed by atoms with E-state index in [1.165, 1.54) is 6.07 Å². The first kappa shape index (κ1) is 20.8. The zero-order chi connectivity index (χ0) is 21.3. The van der Waals surface area contributed by atoms with Gasteiger partial charge in [-0.3, -0.25) is 4.79 Å². The Morgan fingerprint density at radius 1 is 1.00 bits per heavy atom. The molecule has 1 aliphatic carbocycles. The monoisotopic (exact) mass is 420 g/mol. The summed E-state index contributed by atoms with van der Waals surface area (Å²) in [4.78, 5) is 14.3. The van der Waals surface area contributed by atoms with Crippen LogP contribution in [0.25, 0.3) is 11.1 Å². The van der Waals surface area contributed by atoms with Crippen LogP contribution in [0.2, 0.25) is 0 Å². The standard InChI is InChI=1S/C23H24F4N2O/c24-21-8-6-17(13-20(21)22(30)29-11-9-28-10-12-29)15-1-3-16(4-2-15)19-7-5-18(19)14-23(25,26)27/h1-4,6,8,13,18-19,28H,5,7,9-12,14H2. The van der Waals surface area contributed by atoms with Crippen molar-refractivity contribution in [3.63, 3.8) is 0 Å². The summed E-state index contributed by atoms with van der Waals surface area (Å²) < 4.78 is 52.5. The van der Waals surface area contributed by atoms with Crippen molar-refractivity contribution in [2.45, 2.75) is 31.4 Å². The molecule has 1 amide bonds. The number of amides is 1. The third kappa shape index (κ3) is 4.51. The fourth-order valence-corrected chi connectivity index (χ4v) is 4.38. The molecule has 0 spiro atoms. The number of piperazine rings is 1. The van der Waals surface area contributed by atoms with E-state index < -0.39 is 18.4 Å². The molecule has 2 aromatic carbocycles. The Morgan fingerprint density at radius 3 is 2.27 bits per heavy atom. The predicted molar refractivity (Wildman–Crippen MR) is 107 cm³/mol. The summed E-state index contributed by atoms with van der Waals surface area (Å²) in [6.07, 6.45) is -3.51. The Hall–Kier alpha value is -2.41. The third-order valence-corrected chi connectivity index (χ3v) is 6.18. The summed E-state index contributed by atoms with van der Waals surface area (Å²) in [5, 5.41) is 3.16. The van der Waals surface area contributed by atoms with E-state index in [4.69, 9.17) is 0 Å². The average molecular weight is 420 g/mol. The van der Waals surface area contributed by atoms with Crippen molar-refractivity contribution in [1.82, 2.24) is 10.2 Å². The number of hydrogen-bond acceptors (Lipinski definition) is 2. The maximum atomic E-state index is 14.3. The highest BCUT2D eigenvalue weighted by Crippen LogP contribution is 2.47. The molecule has 1 saturated carbocycles. The second-order valence-corrected chi connectivity index (χ2v) is 8.12. The molecule has 0 bridgehead atoms. The van der Waals surface area contributed by atoms with Gasteiger partial charge in [0.15, 0.2) is 0 Å².